The Hall–Kier alpha value is -1.86. The average Bonchev–Trinajstić information content (AvgIpc) is 2.43. The zero-order valence-corrected chi connectivity index (χ0v) is 11.7. The molecular formula is C18H21N. The van der Waals surface area contributed by atoms with Crippen LogP contribution in [0.5, 0.6) is 0 Å². The molecule has 0 aromatic heterocycles. The molecule has 0 saturated carbocycles. The van der Waals surface area contributed by atoms with Crippen molar-refractivity contribution in [3.05, 3.63) is 65.2 Å². The van der Waals surface area contributed by atoms with E-state index in [1.165, 1.54) is 27.8 Å². The van der Waals surface area contributed by atoms with E-state index in [1.807, 2.05) is 0 Å². The summed E-state index contributed by atoms with van der Waals surface area (Å²) in [6.45, 7) is 5.00. The van der Waals surface area contributed by atoms with Gasteiger partial charge in [0.05, 0.1) is 0 Å². The van der Waals surface area contributed by atoms with Crippen molar-refractivity contribution in [1.29, 1.82) is 0 Å². The second kappa shape index (κ2) is 6.35. The molecular weight excluding hydrogens is 230 g/mol. The van der Waals surface area contributed by atoms with E-state index in [1.54, 1.807) is 0 Å². The third kappa shape index (κ3) is 3.55. The Labute approximate surface area is 115 Å². The molecule has 2 N–H and O–H groups in total. The third-order valence-electron chi connectivity index (χ3n) is 3.37. The van der Waals surface area contributed by atoms with Crippen LogP contribution in [-0.4, -0.2) is 6.54 Å². The molecule has 0 radical (unpaired) electrons. The highest BCUT2D eigenvalue weighted by Gasteiger charge is 2.00. The largest absolute Gasteiger partial charge is 0.330 e. The summed E-state index contributed by atoms with van der Waals surface area (Å²) in [5, 5.41) is 0. The van der Waals surface area contributed by atoms with Crippen molar-refractivity contribution in [3.63, 3.8) is 0 Å². The number of aryl methyl sites for hydroxylation is 2. The molecule has 19 heavy (non-hydrogen) atoms. The minimum absolute atomic E-state index is 0.702. The zero-order chi connectivity index (χ0) is 13.7. The first-order valence-corrected chi connectivity index (χ1v) is 6.75. The van der Waals surface area contributed by atoms with Crippen LogP contribution < -0.4 is 5.73 Å². The first-order valence-electron chi connectivity index (χ1n) is 6.75. The van der Waals surface area contributed by atoms with E-state index in [-0.39, 0.29) is 0 Å². The Morgan fingerprint density at radius 3 is 2.47 bits per heavy atom. The van der Waals surface area contributed by atoms with Gasteiger partial charge in [0, 0.05) is 0 Å². The predicted molar refractivity (Wildman–Crippen MR) is 84.1 cm³/mol. The monoisotopic (exact) mass is 251 g/mol. The van der Waals surface area contributed by atoms with Gasteiger partial charge in [0.2, 0.25) is 0 Å². The molecule has 1 heteroatoms. The average molecular weight is 251 g/mol. The topological polar surface area (TPSA) is 26.0 Å². The summed E-state index contributed by atoms with van der Waals surface area (Å²) in [5.74, 6) is 0. The van der Waals surface area contributed by atoms with Crippen LogP contribution in [0.25, 0.3) is 17.2 Å². The molecule has 1 nitrogen and oxygen atoms in total. The highest BCUT2D eigenvalue weighted by Crippen LogP contribution is 2.23. The van der Waals surface area contributed by atoms with Gasteiger partial charge in [-0.25, -0.2) is 0 Å². The van der Waals surface area contributed by atoms with E-state index in [0.717, 1.165) is 6.42 Å². The van der Waals surface area contributed by atoms with Gasteiger partial charge >= 0.3 is 0 Å². The van der Waals surface area contributed by atoms with Crippen LogP contribution in [-0.2, 0) is 0 Å². The van der Waals surface area contributed by atoms with Crippen molar-refractivity contribution in [3.8, 4) is 11.1 Å². The van der Waals surface area contributed by atoms with Crippen molar-refractivity contribution >= 4 is 6.08 Å². The molecule has 2 rings (SSSR count). The molecule has 0 aliphatic heterocycles. The van der Waals surface area contributed by atoms with Gasteiger partial charge in [-0.3, -0.25) is 0 Å². The van der Waals surface area contributed by atoms with Gasteiger partial charge < -0.3 is 5.73 Å². The third-order valence-corrected chi connectivity index (χ3v) is 3.37. The van der Waals surface area contributed by atoms with Gasteiger partial charge in [0.1, 0.15) is 0 Å². The number of hydrogen-bond donors (Lipinski definition) is 1. The fourth-order valence-corrected chi connectivity index (χ4v) is 2.06. The van der Waals surface area contributed by atoms with Crippen molar-refractivity contribution in [1.82, 2.24) is 0 Å². The molecule has 0 amide bonds. The fourth-order valence-electron chi connectivity index (χ4n) is 2.06. The molecule has 0 spiro atoms. The number of nitrogens with two attached hydrogens (primary N) is 1. The Morgan fingerprint density at radius 1 is 0.947 bits per heavy atom. The number of hydrogen-bond acceptors (Lipinski definition) is 1. The maximum Gasteiger partial charge on any atom is -0.00425 e. The lowest BCUT2D eigenvalue weighted by Crippen LogP contribution is -1.94. The minimum atomic E-state index is 0.702. The summed E-state index contributed by atoms with van der Waals surface area (Å²) in [7, 11) is 0. The Balaban J connectivity index is 2.29. The lowest BCUT2D eigenvalue weighted by Gasteiger charge is -2.06. The highest BCUT2D eigenvalue weighted by atomic mass is 14.5. The molecule has 98 valence electrons. The Kier molecular flexibility index (Phi) is 4.53. The van der Waals surface area contributed by atoms with Gasteiger partial charge in [0.25, 0.3) is 0 Å². The van der Waals surface area contributed by atoms with Gasteiger partial charge in [-0.15, -0.1) is 0 Å². The van der Waals surface area contributed by atoms with Crippen molar-refractivity contribution in [2.24, 2.45) is 5.73 Å². The smallest absolute Gasteiger partial charge is 0.00425 e. The highest BCUT2D eigenvalue weighted by molar-refractivity contribution is 5.68. The van der Waals surface area contributed by atoms with Gasteiger partial charge in [0.15, 0.2) is 0 Å². The number of rotatable bonds is 4. The van der Waals surface area contributed by atoms with Crippen LogP contribution in [0, 0.1) is 13.8 Å². The molecule has 0 aliphatic rings. The molecule has 0 unspecified atom stereocenters. The fraction of sp³-hybridized carbons (Fsp3) is 0.222. The molecule has 2 aromatic carbocycles. The summed E-state index contributed by atoms with van der Waals surface area (Å²) >= 11 is 0. The molecule has 2 aromatic rings. The second-order valence-electron chi connectivity index (χ2n) is 4.90. The van der Waals surface area contributed by atoms with Crippen LogP contribution in [0.3, 0.4) is 0 Å². The summed E-state index contributed by atoms with van der Waals surface area (Å²) in [6.07, 6.45) is 5.19. The normalized spacial score (nSPS) is 11.1. The van der Waals surface area contributed by atoms with E-state index in [2.05, 4.69) is 68.5 Å². The molecule has 0 aliphatic carbocycles. The van der Waals surface area contributed by atoms with Crippen LogP contribution in [0.1, 0.15) is 23.1 Å². The van der Waals surface area contributed by atoms with Crippen LogP contribution in [0.15, 0.2) is 48.5 Å². The van der Waals surface area contributed by atoms with Crippen LogP contribution >= 0.6 is 0 Å². The van der Waals surface area contributed by atoms with Gasteiger partial charge in [-0.1, -0.05) is 48.6 Å². The van der Waals surface area contributed by atoms with Crippen LogP contribution in [0.2, 0.25) is 0 Å². The quantitative estimate of drug-likeness (QED) is 0.859. The summed E-state index contributed by atoms with van der Waals surface area (Å²) < 4.78 is 0. The molecule has 0 saturated heterocycles. The summed E-state index contributed by atoms with van der Waals surface area (Å²) in [6, 6.07) is 15.2. The standard InChI is InChI=1S/C18H21N/c1-14-9-10-18(12-15(14)2)17-8-5-7-16(13-17)6-3-4-11-19/h3,5-10,12-13H,4,11,19H2,1-2H3/b6-3+. The van der Waals surface area contributed by atoms with E-state index in [9.17, 15) is 0 Å². The van der Waals surface area contributed by atoms with E-state index >= 15 is 0 Å². The zero-order valence-electron chi connectivity index (χ0n) is 11.7. The maximum absolute atomic E-state index is 5.49. The van der Waals surface area contributed by atoms with Crippen LogP contribution in [0.4, 0.5) is 0 Å². The number of benzene rings is 2. The minimum Gasteiger partial charge on any atom is -0.330 e. The predicted octanol–water partition coefficient (Wildman–Crippen LogP) is 4.33. The SMILES string of the molecule is Cc1ccc(-c2cccc(/C=C/CCN)c2)cc1C. The lowest BCUT2D eigenvalue weighted by molar-refractivity contribution is 1.01. The molecule has 0 heterocycles. The van der Waals surface area contributed by atoms with Crippen molar-refractivity contribution < 1.29 is 0 Å². The van der Waals surface area contributed by atoms with Gasteiger partial charge in [-0.2, -0.15) is 0 Å². The first-order chi connectivity index (χ1) is 9.20. The lowest BCUT2D eigenvalue weighted by atomic mass is 9.99. The van der Waals surface area contributed by atoms with Gasteiger partial charge in [-0.05, 0) is 60.7 Å². The van der Waals surface area contributed by atoms with E-state index < -0.39 is 0 Å². The summed E-state index contributed by atoms with van der Waals surface area (Å²) in [5.41, 5.74) is 11.9. The second-order valence-corrected chi connectivity index (χ2v) is 4.90. The Morgan fingerprint density at radius 2 is 1.74 bits per heavy atom. The maximum atomic E-state index is 5.49. The molecule has 0 fully saturated rings. The molecule has 0 atom stereocenters. The molecule has 0 bridgehead atoms. The summed E-state index contributed by atoms with van der Waals surface area (Å²) in [4.78, 5) is 0. The van der Waals surface area contributed by atoms with Crippen molar-refractivity contribution in [2.45, 2.75) is 20.3 Å². The van der Waals surface area contributed by atoms with E-state index in [4.69, 9.17) is 5.73 Å². The van der Waals surface area contributed by atoms with Crippen molar-refractivity contribution in [2.75, 3.05) is 6.54 Å². The Bertz CT molecular complexity index is 582. The van der Waals surface area contributed by atoms with E-state index in [0.29, 0.717) is 6.54 Å². The first kappa shape index (κ1) is 13.6.